The summed E-state index contributed by atoms with van der Waals surface area (Å²) in [4.78, 5) is 8.22. The highest BCUT2D eigenvalue weighted by molar-refractivity contribution is 5.32. The van der Waals surface area contributed by atoms with Crippen molar-refractivity contribution in [2.24, 2.45) is 0 Å². The molecule has 4 heteroatoms. The average molecular weight is 181 g/mol. The smallest absolute Gasteiger partial charge is 0.129 e. The van der Waals surface area contributed by atoms with Crippen LogP contribution in [-0.2, 0) is 4.74 Å². The van der Waals surface area contributed by atoms with Crippen LogP contribution in [0.25, 0.3) is 0 Å². The second-order valence-electron chi connectivity index (χ2n) is 2.76. The van der Waals surface area contributed by atoms with Gasteiger partial charge < -0.3 is 10.1 Å². The Kier molecular flexibility index (Phi) is 4.18. The van der Waals surface area contributed by atoms with Crippen molar-refractivity contribution in [2.45, 2.75) is 13.3 Å². The molecule has 1 heterocycles. The highest BCUT2D eigenvalue weighted by atomic mass is 16.5. The first-order valence-corrected chi connectivity index (χ1v) is 4.35. The maximum absolute atomic E-state index is 4.93. The molecule has 4 nitrogen and oxygen atoms in total. The Morgan fingerprint density at radius 3 is 3.08 bits per heavy atom. The standard InChI is InChI=1S/C9H15N3O/c1-8-10-6-4-9(12-8)11-5-3-7-13-2/h4,6H,3,5,7H2,1-2H3,(H,10,11,12). The Bertz CT molecular complexity index is 252. The van der Waals surface area contributed by atoms with Gasteiger partial charge in [0.05, 0.1) is 0 Å². The van der Waals surface area contributed by atoms with Gasteiger partial charge in [0.1, 0.15) is 11.6 Å². The molecule has 13 heavy (non-hydrogen) atoms. The fourth-order valence-corrected chi connectivity index (χ4v) is 0.988. The van der Waals surface area contributed by atoms with Crippen molar-refractivity contribution in [3.05, 3.63) is 18.1 Å². The minimum Gasteiger partial charge on any atom is -0.385 e. The van der Waals surface area contributed by atoms with Gasteiger partial charge in [-0.1, -0.05) is 0 Å². The molecule has 0 saturated heterocycles. The summed E-state index contributed by atoms with van der Waals surface area (Å²) in [6, 6.07) is 1.86. The van der Waals surface area contributed by atoms with Crippen molar-refractivity contribution < 1.29 is 4.74 Å². The number of aryl methyl sites for hydroxylation is 1. The summed E-state index contributed by atoms with van der Waals surface area (Å²) in [5.74, 6) is 1.67. The van der Waals surface area contributed by atoms with Crippen LogP contribution in [0.2, 0.25) is 0 Å². The third kappa shape index (κ3) is 3.85. The van der Waals surface area contributed by atoms with E-state index in [9.17, 15) is 0 Å². The minimum absolute atomic E-state index is 0.775. The number of nitrogens with zero attached hydrogens (tertiary/aromatic N) is 2. The first-order chi connectivity index (χ1) is 6.33. The van der Waals surface area contributed by atoms with Crippen molar-refractivity contribution in [3.8, 4) is 0 Å². The quantitative estimate of drug-likeness (QED) is 0.694. The number of ether oxygens (including phenoxy) is 1. The molecule has 0 amide bonds. The van der Waals surface area contributed by atoms with E-state index in [-0.39, 0.29) is 0 Å². The van der Waals surface area contributed by atoms with Crippen LogP contribution in [0.15, 0.2) is 12.3 Å². The number of anilines is 1. The molecule has 0 aliphatic carbocycles. The summed E-state index contributed by atoms with van der Waals surface area (Å²) in [7, 11) is 1.70. The number of methoxy groups -OCH3 is 1. The average Bonchev–Trinajstić information content (AvgIpc) is 2.13. The molecule has 0 saturated carbocycles. The SMILES string of the molecule is COCCCNc1ccnc(C)n1. The van der Waals surface area contributed by atoms with E-state index in [1.165, 1.54) is 0 Å². The summed E-state index contributed by atoms with van der Waals surface area (Å²) in [6.07, 6.45) is 2.74. The predicted octanol–water partition coefficient (Wildman–Crippen LogP) is 1.23. The second kappa shape index (κ2) is 5.48. The Morgan fingerprint density at radius 2 is 2.38 bits per heavy atom. The van der Waals surface area contributed by atoms with Crippen LogP contribution in [0.1, 0.15) is 12.2 Å². The molecule has 0 radical (unpaired) electrons. The van der Waals surface area contributed by atoms with Gasteiger partial charge in [-0.15, -0.1) is 0 Å². The molecule has 0 fully saturated rings. The molecule has 72 valence electrons. The van der Waals surface area contributed by atoms with Crippen LogP contribution in [-0.4, -0.2) is 30.2 Å². The molecular formula is C9H15N3O. The molecule has 0 bridgehead atoms. The van der Waals surface area contributed by atoms with Crippen LogP contribution in [0, 0.1) is 6.92 Å². The van der Waals surface area contributed by atoms with Gasteiger partial charge in [-0.05, 0) is 19.4 Å². The van der Waals surface area contributed by atoms with E-state index in [1.807, 2.05) is 13.0 Å². The number of aromatic nitrogens is 2. The van der Waals surface area contributed by atoms with Gasteiger partial charge in [0.25, 0.3) is 0 Å². The van der Waals surface area contributed by atoms with E-state index in [2.05, 4.69) is 15.3 Å². The Morgan fingerprint density at radius 1 is 1.54 bits per heavy atom. The summed E-state index contributed by atoms with van der Waals surface area (Å²) in [5, 5.41) is 3.19. The fraction of sp³-hybridized carbons (Fsp3) is 0.556. The van der Waals surface area contributed by atoms with Gasteiger partial charge in [-0.25, -0.2) is 9.97 Å². The number of rotatable bonds is 5. The number of hydrogen-bond acceptors (Lipinski definition) is 4. The third-order valence-corrected chi connectivity index (χ3v) is 1.61. The van der Waals surface area contributed by atoms with E-state index in [0.717, 1.165) is 31.2 Å². The monoisotopic (exact) mass is 181 g/mol. The van der Waals surface area contributed by atoms with E-state index < -0.39 is 0 Å². The second-order valence-corrected chi connectivity index (χ2v) is 2.76. The predicted molar refractivity (Wildman–Crippen MR) is 51.8 cm³/mol. The minimum atomic E-state index is 0.775. The van der Waals surface area contributed by atoms with Crippen LogP contribution in [0.5, 0.6) is 0 Å². The molecule has 1 aromatic rings. The zero-order valence-corrected chi connectivity index (χ0v) is 8.08. The Hall–Kier alpha value is -1.16. The molecule has 1 N–H and O–H groups in total. The maximum Gasteiger partial charge on any atom is 0.129 e. The van der Waals surface area contributed by atoms with Crippen molar-refractivity contribution >= 4 is 5.82 Å². The van der Waals surface area contributed by atoms with Crippen molar-refractivity contribution in [1.29, 1.82) is 0 Å². The van der Waals surface area contributed by atoms with Gasteiger partial charge >= 0.3 is 0 Å². The highest BCUT2D eigenvalue weighted by Gasteiger charge is 1.93. The highest BCUT2D eigenvalue weighted by Crippen LogP contribution is 2.00. The Labute approximate surface area is 78.4 Å². The zero-order valence-electron chi connectivity index (χ0n) is 8.08. The molecule has 0 aromatic carbocycles. The molecule has 0 atom stereocenters. The molecule has 1 rings (SSSR count). The molecule has 0 aliphatic rings. The lowest BCUT2D eigenvalue weighted by molar-refractivity contribution is 0.198. The molecule has 0 aliphatic heterocycles. The van der Waals surface area contributed by atoms with Gasteiger partial charge in [-0.2, -0.15) is 0 Å². The maximum atomic E-state index is 4.93. The van der Waals surface area contributed by atoms with Gasteiger partial charge in [0.2, 0.25) is 0 Å². The Balaban J connectivity index is 2.28. The summed E-state index contributed by atoms with van der Waals surface area (Å²) < 4.78 is 4.93. The van der Waals surface area contributed by atoms with Crippen LogP contribution >= 0.6 is 0 Å². The van der Waals surface area contributed by atoms with E-state index >= 15 is 0 Å². The lowest BCUT2D eigenvalue weighted by atomic mass is 10.4. The first kappa shape index (κ1) is 9.92. The van der Waals surface area contributed by atoms with Gasteiger partial charge in [-0.3, -0.25) is 0 Å². The zero-order chi connectivity index (χ0) is 9.52. The lowest BCUT2D eigenvalue weighted by Gasteiger charge is -2.04. The number of hydrogen-bond donors (Lipinski definition) is 1. The van der Waals surface area contributed by atoms with Crippen LogP contribution in [0.3, 0.4) is 0 Å². The first-order valence-electron chi connectivity index (χ1n) is 4.35. The summed E-state index contributed by atoms with van der Waals surface area (Å²) in [6.45, 7) is 3.53. The van der Waals surface area contributed by atoms with Crippen molar-refractivity contribution in [1.82, 2.24) is 9.97 Å². The summed E-state index contributed by atoms with van der Waals surface area (Å²) in [5.41, 5.74) is 0. The topological polar surface area (TPSA) is 47.0 Å². The van der Waals surface area contributed by atoms with Gasteiger partial charge in [0.15, 0.2) is 0 Å². The van der Waals surface area contributed by atoms with Gasteiger partial charge in [0, 0.05) is 26.5 Å². The van der Waals surface area contributed by atoms with Crippen LogP contribution in [0.4, 0.5) is 5.82 Å². The lowest BCUT2D eigenvalue weighted by Crippen LogP contribution is -2.06. The number of nitrogens with one attached hydrogen (secondary N) is 1. The molecule has 0 unspecified atom stereocenters. The van der Waals surface area contributed by atoms with Crippen molar-refractivity contribution in [3.63, 3.8) is 0 Å². The van der Waals surface area contributed by atoms with E-state index in [0.29, 0.717) is 0 Å². The molecular weight excluding hydrogens is 166 g/mol. The molecule has 0 spiro atoms. The third-order valence-electron chi connectivity index (χ3n) is 1.61. The summed E-state index contributed by atoms with van der Waals surface area (Å²) >= 11 is 0. The molecule has 1 aromatic heterocycles. The van der Waals surface area contributed by atoms with Crippen molar-refractivity contribution in [2.75, 3.05) is 25.6 Å². The normalized spacial score (nSPS) is 10.0. The van der Waals surface area contributed by atoms with Crippen LogP contribution < -0.4 is 5.32 Å². The largest absolute Gasteiger partial charge is 0.385 e. The van der Waals surface area contributed by atoms with E-state index in [4.69, 9.17) is 4.74 Å². The van der Waals surface area contributed by atoms with E-state index in [1.54, 1.807) is 13.3 Å². The fourth-order valence-electron chi connectivity index (χ4n) is 0.988.